The number of furan rings is 1. The molecule has 6 heteroatoms. The summed E-state index contributed by atoms with van der Waals surface area (Å²) in [6.07, 6.45) is 3.97. The number of fused-ring (bicyclic) bond motifs is 2. The second-order valence-corrected chi connectivity index (χ2v) is 7.88. The summed E-state index contributed by atoms with van der Waals surface area (Å²) in [5, 5.41) is 3.95. The lowest BCUT2D eigenvalue weighted by Crippen LogP contribution is -2.47. The quantitative estimate of drug-likeness (QED) is 0.732. The molecule has 1 fully saturated rings. The minimum atomic E-state index is -0.260. The summed E-state index contributed by atoms with van der Waals surface area (Å²) in [7, 11) is 0. The van der Waals surface area contributed by atoms with E-state index in [4.69, 9.17) is 4.42 Å². The van der Waals surface area contributed by atoms with Gasteiger partial charge in [-0.1, -0.05) is 12.1 Å². The van der Waals surface area contributed by atoms with Gasteiger partial charge in [0.05, 0.1) is 12.0 Å². The monoisotopic (exact) mass is 393 g/mol. The Morgan fingerprint density at radius 1 is 1.03 bits per heavy atom. The number of carbonyl (C=O) groups excluding carboxylic acids is 1. The lowest BCUT2D eigenvalue weighted by molar-refractivity contribution is -0.116. The molecule has 0 saturated carbocycles. The maximum absolute atomic E-state index is 13.9. The minimum Gasteiger partial charge on any atom is -0.464 e. The van der Waals surface area contributed by atoms with Gasteiger partial charge in [-0.25, -0.2) is 4.39 Å². The van der Waals surface area contributed by atoms with Gasteiger partial charge in [-0.2, -0.15) is 0 Å². The molecule has 2 aliphatic rings. The fourth-order valence-electron chi connectivity index (χ4n) is 4.36. The maximum Gasteiger partial charge on any atom is 0.224 e. The number of rotatable bonds is 4. The topological polar surface area (TPSA) is 48.7 Å². The van der Waals surface area contributed by atoms with Crippen LogP contribution in [-0.2, 0) is 17.6 Å². The summed E-state index contributed by atoms with van der Waals surface area (Å²) >= 11 is 0. The van der Waals surface area contributed by atoms with Gasteiger partial charge >= 0.3 is 0 Å². The van der Waals surface area contributed by atoms with E-state index < -0.39 is 0 Å². The summed E-state index contributed by atoms with van der Waals surface area (Å²) in [5.74, 6) is -0.153. The van der Waals surface area contributed by atoms with E-state index in [1.807, 2.05) is 6.07 Å². The summed E-state index contributed by atoms with van der Waals surface area (Å²) in [5.41, 5.74) is 4.96. The third-order valence-corrected chi connectivity index (χ3v) is 6.01. The Labute approximate surface area is 169 Å². The number of nitrogens with one attached hydrogen (secondary N) is 1. The first-order valence-electron chi connectivity index (χ1n) is 10.2. The number of aryl methyl sites for hydroxylation is 1. The predicted molar refractivity (Wildman–Crippen MR) is 112 cm³/mol. The lowest BCUT2D eigenvalue weighted by atomic mass is 9.99. The van der Waals surface area contributed by atoms with Gasteiger partial charge in [0.25, 0.3) is 0 Å². The van der Waals surface area contributed by atoms with Crippen LogP contribution in [0.3, 0.4) is 0 Å². The van der Waals surface area contributed by atoms with Crippen molar-refractivity contribution in [2.24, 2.45) is 0 Å². The molecular weight excluding hydrogens is 369 g/mol. The standard InChI is InChI=1S/C23H24FN3O2/c24-18-14-21(19-6-12-29-22(19)15-18)27-10-8-26(9-11-27)7-5-16-1-2-17-3-4-23(28)25-20(17)13-16/h1-2,6,12-15H,3-5,7-11H2,(H,25,28). The van der Waals surface area contributed by atoms with E-state index in [-0.39, 0.29) is 11.7 Å². The van der Waals surface area contributed by atoms with Crippen LogP contribution in [0.5, 0.6) is 0 Å². The van der Waals surface area contributed by atoms with Gasteiger partial charge in [-0.3, -0.25) is 9.69 Å². The molecule has 0 unspecified atom stereocenters. The van der Waals surface area contributed by atoms with Crippen LogP contribution in [0.15, 0.2) is 47.1 Å². The lowest BCUT2D eigenvalue weighted by Gasteiger charge is -2.36. The zero-order chi connectivity index (χ0) is 19.8. The normalized spacial score (nSPS) is 17.4. The Balaban J connectivity index is 1.20. The molecule has 1 saturated heterocycles. The highest BCUT2D eigenvalue weighted by Crippen LogP contribution is 2.30. The smallest absolute Gasteiger partial charge is 0.224 e. The number of carbonyl (C=O) groups is 1. The SMILES string of the molecule is O=C1CCc2ccc(CCN3CCN(c4cc(F)cc5occc45)CC3)cc2N1. The van der Waals surface area contributed by atoms with Crippen LogP contribution in [-0.4, -0.2) is 43.5 Å². The first-order chi connectivity index (χ1) is 14.2. The van der Waals surface area contributed by atoms with Gasteiger partial charge < -0.3 is 14.6 Å². The molecule has 0 aliphatic carbocycles. The number of benzene rings is 2. The summed E-state index contributed by atoms with van der Waals surface area (Å²) in [4.78, 5) is 16.3. The zero-order valence-electron chi connectivity index (χ0n) is 16.3. The number of hydrogen-bond donors (Lipinski definition) is 1. The van der Waals surface area contributed by atoms with Gasteiger partial charge in [0.2, 0.25) is 5.91 Å². The Kier molecular flexibility index (Phi) is 4.72. The number of anilines is 2. The molecule has 2 aliphatic heterocycles. The van der Waals surface area contributed by atoms with E-state index in [2.05, 4.69) is 33.3 Å². The zero-order valence-corrected chi connectivity index (χ0v) is 16.3. The molecule has 1 amide bonds. The second-order valence-electron chi connectivity index (χ2n) is 7.88. The molecule has 0 spiro atoms. The first-order valence-corrected chi connectivity index (χ1v) is 10.2. The van der Waals surface area contributed by atoms with Crippen molar-refractivity contribution in [1.82, 2.24) is 4.90 Å². The summed E-state index contributed by atoms with van der Waals surface area (Å²) in [6, 6.07) is 11.4. The predicted octanol–water partition coefficient (Wildman–Crippen LogP) is 3.82. The number of nitrogens with zero attached hydrogens (tertiary/aromatic N) is 2. The van der Waals surface area contributed by atoms with Crippen molar-refractivity contribution in [3.05, 3.63) is 59.6 Å². The number of hydrogen-bond acceptors (Lipinski definition) is 4. The Bertz CT molecular complexity index is 1050. The number of piperazine rings is 1. The molecule has 3 heterocycles. The largest absolute Gasteiger partial charge is 0.464 e. The molecule has 5 rings (SSSR count). The van der Waals surface area contributed by atoms with E-state index in [9.17, 15) is 9.18 Å². The Morgan fingerprint density at radius 2 is 1.90 bits per heavy atom. The minimum absolute atomic E-state index is 0.106. The average Bonchev–Trinajstić information content (AvgIpc) is 3.20. The molecule has 2 aromatic carbocycles. The Morgan fingerprint density at radius 3 is 2.76 bits per heavy atom. The van der Waals surface area contributed by atoms with Crippen LogP contribution in [0, 0.1) is 5.82 Å². The van der Waals surface area contributed by atoms with Crippen LogP contribution in [0.2, 0.25) is 0 Å². The fraction of sp³-hybridized carbons (Fsp3) is 0.348. The molecule has 0 atom stereocenters. The highest BCUT2D eigenvalue weighted by Gasteiger charge is 2.20. The molecule has 0 bridgehead atoms. The van der Waals surface area contributed by atoms with Gasteiger partial charge in [0.15, 0.2) is 0 Å². The van der Waals surface area contributed by atoms with Crippen molar-refractivity contribution >= 4 is 28.3 Å². The van der Waals surface area contributed by atoms with E-state index in [1.165, 1.54) is 17.2 Å². The van der Waals surface area contributed by atoms with E-state index in [0.717, 1.165) is 62.3 Å². The highest BCUT2D eigenvalue weighted by atomic mass is 19.1. The second kappa shape index (κ2) is 7.52. The number of halogens is 1. The summed E-state index contributed by atoms with van der Waals surface area (Å²) in [6.45, 7) is 4.59. The highest BCUT2D eigenvalue weighted by molar-refractivity contribution is 5.94. The van der Waals surface area contributed by atoms with Crippen molar-refractivity contribution in [1.29, 1.82) is 0 Å². The van der Waals surface area contributed by atoms with Crippen LogP contribution in [0.1, 0.15) is 17.5 Å². The van der Waals surface area contributed by atoms with Gasteiger partial charge in [0, 0.05) is 56.3 Å². The molecule has 1 N–H and O–H groups in total. The molecular formula is C23H24FN3O2. The van der Waals surface area contributed by atoms with Crippen molar-refractivity contribution in [3.8, 4) is 0 Å². The fourth-order valence-corrected chi connectivity index (χ4v) is 4.36. The molecule has 1 aromatic heterocycles. The first kappa shape index (κ1) is 18.2. The molecule has 3 aromatic rings. The van der Waals surface area contributed by atoms with E-state index >= 15 is 0 Å². The van der Waals surface area contributed by atoms with Crippen molar-refractivity contribution in [2.45, 2.75) is 19.3 Å². The molecule has 29 heavy (non-hydrogen) atoms. The molecule has 5 nitrogen and oxygen atoms in total. The number of amides is 1. The maximum atomic E-state index is 13.9. The van der Waals surface area contributed by atoms with Gasteiger partial charge in [0.1, 0.15) is 11.4 Å². The third kappa shape index (κ3) is 3.72. The van der Waals surface area contributed by atoms with Crippen LogP contribution in [0.4, 0.5) is 15.8 Å². The van der Waals surface area contributed by atoms with Crippen LogP contribution >= 0.6 is 0 Å². The van der Waals surface area contributed by atoms with Crippen LogP contribution in [0.25, 0.3) is 11.0 Å². The van der Waals surface area contributed by atoms with Crippen molar-refractivity contribution in [3.63, 3.8) is 0 Å². The Hall–Kier alpha value is -2.86. The van der Waals surface area contributed by atoms with Crippen LogP contribution < -0.4 is 10.2 Å². The molecule has 0 radical (unpaired) electrons. The van der Waals surface area contributed by atoms with Crippen molar-refractivity contribution in [2.75, 3.05) is 42.9 Å². The van der Waals surface area contributed by atoms with E-state index in [1.54, 1.807) is 12.3 Å². The van der Waals surface area contributed by atoms with E-state index in [0.29, 0.717) is 12.0 Å². The third-order valence-electron chi connectivity index (χ3n) is 6.01. The van der Waals surface area contributed by atoms with Gasteiger partial charge in [-0.05, 0) is 42.2 Å². The molecule has 150 valence electrons. The van der Waals surface area contributed by atoms with Gasteiger partial charge in [-0.15, -0.1) is 0 Å². The average molecular weight is 393 g/mol. The summed E-state index contributed by atoms with van der Waals surface area (Å²) < 4.78 is 19.3. The van der Waals surface area contributed by atoms with Crippen molar-refractivity contribution < 1.29 is 13.6 Å².